The first-order chi connectivity index (χ1) is 11.3. The summed E-state index contributed by atoms with van der Waals surface area (Å²) in [4.78, 5) is 13.9. The van der Waals surface area contributed by atoms with Crippen LogP contribution >= 0.6 is 0 Å². The number of aromatic nitrogens is 2. The normalized spacial score (nSPS) is 18.2. The maximum absolute atomic E-state index is 12.7. The van der Waals surface area contributed by atoms with E-state index in [0.29, 0.717) is 31.5 Å². The monoisotopic (exact) mass is 339 g/mol. The number of nitrogens with zero attached hydrogens (tertiary/aromatic N) is 5. The molecule has 3 rings (SSSR count). The van der Waals surface area contributed by atoms with Crippen molar-refractivity contribution in [1.82, 2.24) is 14.7 Å². The third-order valence-electron chi connectivity index (χ3n) is 4.23. The standard InChI is InChI=1S/C15H16F3N5O/c1-2-3-5-14(20-21-14)6-4-13(24)22-7-8-23-11(10-22)9-12(19-23)15(16,17)18/h1,9H,3-8,10H2. The van der Waals surface area contributed by atoms with Gasteiger partial charge in [0, 0.05) is 32.2 Å². The van der Waals surface area contributed by atoms with Crippen LogP contribution in [0.1, 0.15) is 37.1 Å². The molecule has 128 valence electrons. The lowest BCUT2D eigenvalue weighted by Crippen LogP contribution is -2.38. The number of alkyl halides is 3. The molecule has 9 heteroatoms. The summed E-state index contributed by atoms with van der Waals surface area (Å²) in [6, 6.07) is 0.999. The fourth-order valence-electron chi connectivity index (χ4n) is 2.75. The molecule has 3 heterocycles. The van der Waals surface area contributed by atoms with Crippen LogP contribution in [0.5, 0.6) is 0 Å². The van der Waals surface area contributed by atoms with Crippen LogP contribution in [0.2, 0.25) is 0 Å². The van der Waals surface area contributed by atoms with Gasteiger partial charge in [-0.15, -0.1) is 12.3 Å². The van der Waals surface area contributed by atoms with Crippen molar-refractivity contribution in [2.45, 2.75) is 50.6 Å². The van der Waals surface area contributed by atoms with Crippen molar-refractivity contribution in [3.05, 3.63) is 17.5 Å². The lowest BCUT2D eigenvalue weighted by molar-refractivity contribution is -0.141. The van der Waals surface area contributed by atoms with Gasteiger partial charge in [0.1, 0.15) is 0 Å². The zero-order valence-corrected chi connectivity index (χ0v) is 12.9. The second-order valence-electron chi connectivity index (χ2n) is 5.94. The van der Waals surface area contributed by atoms with Crippen LogP contribution < -0.4 is 0 Å². The molecule has 0 aliphatic carbocycles. The molecule has 0 unspecified atom stereocenters. The summed E-state index contributed by atoms with van der Waals surface area (Å²) in [5.74, 6) is 2.41. The maximum atomic E-state index is 12.7. The Morgan fingerprint density at radius 3 is 2.71 bits per heavy atom. The summed E-state index contributed by atoms with van der Waals surface area (Å²) >= 11 is 0. The highest BCUT2D eigenvalue weighted by Gasteiger charge is 2.40. The van der Waals surface area contributed by atoms with E-state index in [1.54, 1.807) is 4.90 Å². The van der Waals surface area contributed by atoms with E-state index >= 15 is 0 Å². The minimum Gasteiger partial charge on any atom is -0.335 e. The van der Waals surface area contributed by atoms with Gasteiger partial charge in [0.05, 0.1) is 18.8 Å². The van der Waals surface area contributed by atoms with E-state index in [9.17, 15) is 18.0 Å². The number of carbonyl (C=O) groups is 1. The highest BCUT2D eigenvalue weighted by atomic mass is 19.4. The number of terminal acetylenes is 1. The second-order valence-corrected chi connectivity index (χ2v) is 5.94. The zero-order valence-electron chi connectivity index (χ0n) is 12.9. The first kappa shape index (κ1) is 16.5. The number of rotatable bonds is 5. The van der Waals surface area contributed by atoms with Gasteiger partial charge in [-0.1, -0.05) is 0 Å². The molecule has 0 saturated heterocycles. The van der Waals surface area contributed by atoms with Crippen LogP contribution in [0.3, 0.4) is 0 Å². The van der Waals surface area contributed by atoms with Crippen LogP contribution in [0.4, 0.5) is 13.2 Å². The number of amides is 1. The average Bonchev–Trinajstić information content (AvgIpc) is 3.17. The molecule has 0 N–H and O–H groups in total. The minimum atomic E-state index is -4.47. The Bertz CT molecular complexity index is 710. The van der Waals surface area contributed by atoms with Gasteiger partial charge in [0.2, 0.25) is 5.91 Å². The van der Waals surface area contributed by atoms with Gasteiger partial charge in [-0.3, -0.25) is 9.48 Å². The number of halogens is 3. The minimum absolute atomic E-state index is 0.117. The Morgan fingerprint density at radius 2 is 2.08 bits per heavy atom. The first-order valence-corrected chi connectivity index (χ1v) is 7.62. The van der Waals surface area contributed by atoms with E-state index in [1.807, 2.05) is 0 Å². The quantitative estimate of drug-likeness (QED) is 0.774. The average molecular weight is 339 g/mol. The number of fused-ring (bicyclic) bond motifs is 1. The Kier molecular flexibility index (Phi) is 4.07. The first-order valence-electron chi connectivity index (χ1n) is 7.62. The van der Waals surface area contributed by atoms with Crippen LogP contribution in [-0.4, -0.2) is 32.8 Å². The van der Waals surface area contributed by atoms with Crippen LogP contribution in [0.15, 0.2) is 16.3 Å². The molecule has 0 bridgehead atoms. The van der Waals surface area contributed by atoms with Crippen molar-refractivity contribution in [3.8, 4) is 12.3 Å². The topological polar surface area (TPSA) is 62.9 Å². The van der Waals surface area contributed by atoms with E-state index < -0.39 is 17.5 Å². The van der Waals surface area contributed by atoms with E-state index in [1.165, 1.54) is 4.68 Å². The van der Waals surface area contributed by atoms with E-state index in [-0.39, 0.29) is 25.4 Å². The van der Waals surface area contributed by atoms with Gasteiger partial charge in [-0.25, -0.2) is 0 Å². The Hall–Kier alpha value is -2.37. The summed E-state index contributed by atoms with van der Waals surface area (Å²) in [5, 5.41) is 11.5. The van der Waals surface area contributed by atoms with Crippen molar-refractivity contribution in [2.75, 3.05) is 6.54 Å². The predicted octanol–water partition coefficient (Wildman–Crippen LogP) is 2.60. The molecule has 0 fully saturated rings. The van der Waals surface area contributed by atoms with Crippen molar-refractivity contribution < 1.29 is 18.0 Å². The highest BCUT2D eigenvalue weighted by Crippen LogP contribution is 2.38. The molecule has 1 aromatic heterocycles. The third kappa shape index (κ3) is 3.42. The molecule has 0 spiro atoms. The number of carbonyl (C=O) groups excluding carboxylic acids is 1. The van der Waals surface area contributed by atoms with Gasteiger partial charge >= 0.3 is 6.18 Å². The molecule has 0 saturated carbocycles. The van der Waals surface area contributed by atoms with Gasteiger partial charge in [-0.05, 0) is 6.07 Å². The molecular formula is C15H16F3N5O. The Balaban J connectivity index is 1.56. The fraction of sp³-hybridized carbons (Fsp3) is 0.600. The Labute approximate surface area is 136 Å². The lowest BCUT2D eigenvalue weighted by Gasteiger charge is -2.28. The molecular weight excluding hydrogens is 323 g/mol. The van der Waals surface area contributed by atoms with Crippen LogP contribution in [0.25, 0.3) is 0 Å². The lowest BCUT2D eigenvalue weighted by atomic mass is 10.0. The second kappa shape index (κ2) is 5.92. The smallest absolute Gasteiger partial charge is 0.335 e. The summed E-state index contributed by atoms with van der Waals surface area (Å²) in [6.07, 6.45) is 2.64. The molecule has 0 radical (unpaired) electrons. The molecule has 0 aromatic carbocycles. The fourth-order valence-corrected chi connectivity index (χ4v) is 2.75. The summed E-state index contributed by atoms with van der Waals surface area (Å²) < 4.78 is 39.4. The largest absolute Gasteiger partial charge is 0.435 e. The molecule has 24 heavy (non-hydrogen) atoms. The molecule has 1 aromatic rings. The van der Waals surface area contributed by atoms with Crippen molar-refractivity contribution in [2.24, 2.45) is 10.2 Å². The van der Waals surface area contributed by atoms with E-state index in [2.05, 4.69) is 21.2 Å². The van der Waals surface area contributed by atoms with Crippen molar-refractivity contribution in [3.63, 3.8) is 0 Å². The van der Waals surface area contributed by atoms with Gasteiger partial charge in [0.25, 0.3) is 0 Å². The maximum Gasteiger partial charge on any atom is 0.435 e. The molecule has 1 amide bonds. The number of hydrogen-bond donors (Lipinski definition) is 0. The third-order valence-corrected chi connectivity index (χ3v) is 4.23. The van der Waals surface area contributed by atoms with E-state index in [0.717, 1.165) is 6.07 Å². The van der Waals surface area contributed by atoms with Gasteiger partial charge in [-0.2, -0.15) is 28.5 Å². The van der Waals surface area contributed by atoms with Crippen LogP contribution in [0, 0.1) is 12.3 Å². The van der Waals surface area contributed by atoms with Gasteiger partial charge < -0.3 is 4.90 Å². The van der Waals surface area contributed by atoms with Crippen LogP contribution in [-0.2, 0) is 24.1 Å². The predicted molar refractivity (Wildman–Crippen MR) is 77.5 cm³/mol. The summed E-state index contributed by atoms with van der Waals surface area (Å²) in [6.45, 7) is 0.734. The van der Waals surface area contributed by atoms with Gasteiger partial charge in [0.15, 0.2) is 11.4 Å². The molecule has 6 nitrogen and oxygen atoms in total. The summed E-state index contributed by atoms with van der Waals surface area (Å²) in [5.41, 5.74) is -1.05. The van der Waals surface area contributed by atoms with Crippen molar-refractivity contribution in [1.29, 1.82) is 0 Å². The highest BCUT2D eigenvalue weighted by molar-refractivity contribution is 5.76. The molecule has 2 aliphatic rings. The molecule has 0 atom stereocenters. The number of hydrogen-bond acceptors (Lipinski definition) is 4. The van der Waals surface area contributed by atoms with Crippen molar-refractivity contribution >= 4 is 5.91 Å². The zero-order chi connectivity index (χ0) is 17.4. The molecule has 2 aliphatic heterocycles. The summed E-state index contributed by atoms with van der Waals surface area (Å²) in [7, 11) is 0. The van der Waals surface area contributed by atoms with E-state index in [4.69, 9.17) is 6.42 Å². The Morgan fingerprint density at radius 1 is 1.33 bits per heavy atom. The SMILES string of the molecule is C#CCCC1(CCC(=O)N2CCn3nc(C(F)(F)F)cc3C2)N=N1.